The normalized spacial score (nSPS) is 31.3. The maximum atomic E-state index is 13.4. The Kier molecular flexibility index (Phi) is 8.92. The summed E-state index contributed by atoms with van der Waals surface area (Å²) in [6.07, 6.45) is 2.31. The third kappa shape index (κ3) is 6.46. The minimum absolute atomic E-state index is 0.0107. The third-order valence-electron chi connectivity index (χ3n) is 8.62. The van der Waals surface area contributed by atoms with Crippen LogP contribution in [-0.2, 0) is 35.9 Å². The first-order chi connectivity index (χ1) is 20.2. The van der Waals surface area contributed by atoms with E-state index in [1.807, 2.05) is 13.8 Å². The lowest BCUT2D eigenvalue weighted by molar-refractivity contribution is -0.160. The van der Waals surface area contributed by atoms with Gasteiger partial charge in [-0.3, -0.25) is 14.4 Å². The van der Waals surface area contributed by atoms with Gasteiger partial charge in [-0.15, -0.1) is 16.9 Å². The minimum Gasteiger partial charge on any atom is -0.477 e. The number of β-lactam (4-membered cyclic amide) rings is 1. The number of Topliss-reactive ketones (excluding diaryl/α,β-unsaturated/α-hetero) is 1. The van der Waals surface area contributed by atoms with Crippen LogP contribution in [-0.4, -0.2) is 116 Å². The van der Waals surface area contributed by atoms with Crippen LogP contribution in [0.2, 0.25) is 0 Å². The molecule has 0 saturated carbocycles. The largest absolute Gasteiger partial charge is 0.477 e. The van der Waals surface area contributed by atoms with Crippen LogP contribution in [0.4, 0.5) is 0 Å². The summed E-state index contributed by atoms with van der Waals surface area (Å²) in [5.74, 6) is -2.92. The maximum Gasteiger partial charge on any atom is 0.353 e. The predicted molar refractivity (Wildman–Crippen MR) is 152 cm³/mol. The third-order valence-corrected chi connectivity index (χ3v) is 10.7. The Hall–Kier alpha value is -2.97. The molecule has 7 N–H and O–H groups in total. The molecular formula is C24H36N10O7S2. The number of fused-ring (bicyclic) bond motifs is 1. The van der Waals surface area contributed by atoms with Crippen LogP contribution in [0.1, 0.15) is 33.1 Å². The van der Waals surface area contributed by atoms with Crippen LogP contribution in [0.25, 0.3) is 0 Å². The number of nitrogens with zero attached hydrogens (tertiary/aromatic N) is 6. The molecule has 3 fully saturated rings. The molecule has 0 bridgehead atoms. The molecule has 43 heavy (non-hydrogen) atoms. The zero-order valence-corrected chi connectivity index (χ0v) is 25.3. The van der Waals surface area contributed by atoms with Crippen LogP contribution in [0.15, 0.2) is 16.9 Å². The fraction of sp³-hybridized carbons (Fsp3) is 0.708. The summed E-state index contributed by atoms with van der Waals surface area (Å²) < 4.78 is 26.3. The number of likely N-dealkylation sites (tertiary alicyclic amines) is 1. The standard InChI is InChI=1S/C24H36N10O7S2/c1-11(3-15(35)9-32-10-28-30-31-32)18-19-12(2)21(20(24(38)39)34(19)23(18)37)42-16-5-17(27-7-16)22(36)33-8-13(25)4-14(33)6-29-43(26,40)41/h10-14,16-19,27,29H,3-9,25H2,1-2H3,(H,38,39)(H2,26,40,41)/t11-,12+,13+,14-,16-,17-,18+,19+/m0/s1. The van der Waals surface area contributed by atoms with Crippen molar-refractivity contribution in [3.8, 4) is 0 Å². The molecule has 236 valence electrons. The van der Waals surface area contributed by atoms with E-state index in [-0.39, 0.29) is 78.5 Å². The van der Waals surface area contributed by atoms with E-state index >= 15 is 0 Å². The molecule has 0 aromatic carbocycles. The molecule has 0 spiro atoms. The van der Waals surface area contributed by atoms with Crippen LogP contribution in [0.3, 0.4) is 0 Å². The van der Waals surface area contributed by atoms with Crippen molar-refractivity contribution in [2.75, 3.05) is 19.6 Å². The smallest absolute Gasteiger partial charge is 0.353 e. The van der Waals surface area contributed by atoms with E-state index in [1.54, 1.807) is 4.90 Å². The summed E-state index contributed by atoms with van der Waals surface area (Å²) in [6.45, 7) is 4.39. The van der Waals surface area contributed by atoms with Crippen molar-refractivity contribution in [2.24, 2.45) is 28.6 Å². The van der Waals surface area contributed by atoms with Crippen molar-refractivity contribution in [1.29, 1.82) is 0 Å². The number of carboxylic acid groups (broad SMARTS) is 1. The van der Waals surface area contributed by atoms with Crippen molar-refractivity contribution in [2.45, 2.75) is 69.1 Å². The number of aromatic nitrogens is 4. The number of nitrogens with two attached hydrogens (primary N) is 2. The first-order valence-corrected chi connectivity index (χ1v) is 16.4. The van der Waals surface area contributed by atoms with Crippen molar-refractivity contribution in [3.05, 3.63) is 16.9 Å². The van der Waals surface area contributed by atoms with E-state index in [9.17, 15) is 32.7 Å². The van der Waals surface area contributed by atoms with Gasteiger partial charge >= 0.3 is 5.97 Å². The summed E-state index contributed by atoms with van der Waals surface area (Å²) in [5, 5.41) is 28.9. The Morgan fingerprint density at radius 2 is 2.05 bits per heavy atom. The van der Waals surface area contributed by atoms with Crippen LogP contribution >= 0.6 is 11.8 Å². The number of rotatable bonds is 12. The van der Waals surface area contributed by atoms with E-state index in [1.165, 1.54) is 27.7 Å². The van der Waals surface area contributed by atoms with E-state index in [4.69, 9.17) is 10.9 Å². The zero-order valence-electron chi connectivity index (χ0n) is 23.7. The predicted octanol–water partition coefficient (Wildman–Crippen LogP) is -2.77. The number of nitrogens with one attached hydrogen (secondary N) is 2. The van der Waals surface area contributed by atoms with Crippen LogP contribution in [0.5, 0.6) is 0 Å². The lowest BCUT2D eigenvalue weighted by atomic mass is 9.73. The number of amides is 2. The monoisotopic (exact) mass is 640 g/mol. The summed E-state index contributed by atoms with van der Waals surface area (Å²) in [5.41, 5.74) is 6.03. The Morgan fingerprint density at radius 1 is 1.30 bits per heavy atom. The summed E-state index contributed by atoms with van der Waals surface area (Å²) >= 11 is 1.36. The number of ketones is 1. The first kappa shape index (κ1) is 31.5. The second kappa shape index (κ2) is 12.2. The Morgan fingerprint density at radius 3 is 2.70 bits per heavy atom. The molecule has 1 aromatic rings. The molecule has 0 aliphatic carbocycles. The van der Waals surface area contributed by atoms with Gasteiger partial charge in [-0.2, -0.15) is 8.42 Å². The summed E-state index contributed by atoms with van der Waals surface area (Å²) in [4.78, 5) is 55.1. The van der Waals surface area contributed by atoms with Crippen LogP contribution < -0.4 is 20.9 Å². The van der Waals surface area contributed by atoms with E-state index in [0.717, 1.165) is 0 Å². The van der Waals surface area contributed by atoms with Gasteiger partial charge in [-0.1, -0.05) is 13.8 Å². The molecular weight excluding hydrogens is 604 g/mol. The SMILES string of the molecule is C[C@@H](CC(=O)Cn1cnnn1)[C@H]1C(=O)N2C(C(=O)O)=C(S[C@@H]3CN[C@H](C(=O)N4C[C@H](N)C[C@H]4CNS(N)(=O)=O)C3)[C@H](C)[C@H]12. The summed E-state index contributed by atoms with van der Waals surface area (Å²) in [7, 11) is -3.92. The van der Waals surface area contributed by atoms with E-state index in [2.05, 4.69) is 25.6 Å². The van der Waals surface area contributed by atoms with E-state index < -0.39 is 34.2 Å². The number of tetrazole rings is 1. The van der Waals surface area contributed by atoms with Gasteiger partial charge in [0.2, 0.25) is 11.8 Å². The van der Waals surface area contributed by atoms with Gasteiger partial charge in [0.25, 0.3) is 10.2 Å². The average molecular weight is 641 g/mol. The number of hydrogen-bond acceptors (Lipinski definition) is 12. The number of aliphatic carboxylic acids is 1. The molecule has 8 atom stereocenters. The molecule has 2 amide bonds. The molecule has 5 rings (SSSR count). The van der Waals surface area contributed by atoms with Gasteiger partial charge in [0.05, 0.1) is 18.0 Å². The molecule has 0 radical (unpaired) electrons. The number of carbonyl (C=O) groups excluding carboxylic acids is 3. The van der Waals surface area contributed by atoms with Crippen molar-refractivity contribution in [3.63, 3.8) is 0 Å². The Labute approximate surface area is 252 Å². The number of carbonyl (C=O) groups is 4. The van der Waals surface area contributed by atoms with Gasteiger partial charge < -0.3 is 26.0 Å². The van der Waals surface area contributed by atoms with Gasteiger partial charge in [-0.25, -0.2) is 19.3 Å². The van der Waals surface area contributed by atoms with E-state index in [0.29, 0.717) is 24.3 Å². The molecule has 19 heteroatoms. The Bertz CT molecular complexity index is 1420. The molecule has 3 saturated heterocycles. The first-order valence-electron chi connectivity index (χ1n) is 14.0. The highest BCUT2D eigenvalue weighted by atomic mass is 32.2. The highest BCUT2D eigenvalue weighted by Crippen LogP contribution is 2.53. The Balaban J connectivity index is 1.22. The second-order valence-electron chi connectivity index (χ2n) is 11.7. The van der Waals surface area contributed by atoms with Crippen molar-refractivity contribution < 1.29 is 32.7 Å². The minimum atomic E-state index is -3.92. The van der Waals surface area contributed by atoms with Crippen molar-refractivity contribution in [1.82, 2.24) is 40.0 Å². The fourth-order valence-corrected chi connectivity index (χ4v) is 8.64. The number of hydrogen-bond donors (Lipinski definition) is 5. The summed E-state index contributed by atoms with van der Waals surface area (Å²) in [6, 6.07) is -1.65. The fourth-order valence-electron chi connectivity index (χ4n) is 6.74. The highest BCUT2D eigenvalue weighted by Gasteiger charge is 2.60. The zero-order chi connectivity index (χ0) is 31.2. The van der Waals surface area contributed by atoms with Gasteiger partial charge in [0, 0.05) is 54.2 Å². The lowest BCUT2D eigenvalue weighted by Crippen LogP contribution is -2.62. The molecule has 4 aliphatic heterocycles. The van der Waals surface area contributed by atoms with Gasteiger partial charge in [0.15, 0.2) is 5.78 Å². The molecule has 4 aliphatic rings. The number of carboxylic acids is 1. The number of thioether (sulfide) groups is 1. The topological polar surface area (TPSA) is 249 Å². The molecule has 5 heterocycles. The van der Waals surface area contributed by atoms with Crippen molar-refractivity contribution >= 4 is 45.5 Å². The van der Waals surface area contributed by atoms with Gasteiger partial charge in [-0.05, 0) is 29.2 Å². The maximum absolute atomic E-state index is 13.4. The highest BCUT2D eigenvalue weighted by molar-refractivity contribution is 8.03. The lowest BCUT2D eigenvalue weighted by Gasteiger charge is -2.47. The quantitative estimate of drug-likeness (QED) is 0.145. The molecule has 1 aromatic heterocycles. The van der Waals surface area contributed by atoms with Crippen LogP contribution in [0, 0.1) is 17.8 Å². The molecule has 17 nitrogen and oxygen atoms in total. The average Bonchev–Trinajstić information content (AvgIpc) is 3.70. The molecule has 0 unspecified atom stereocenters. The second-order valence-corrected chi connectivity index (χ2v) is 14.4. The van der Waals surface area contributed by atoms with Gasteiger partial charge in [0.1, 0.15) is 18.6 Å².